The Morgan fingerprint density at radius 2 is 1.63 bits per heavy atom. The summed E-state index contributed by atoms with van der Waals surface area (Å²) in [5.74, 6) is 0.814. The second-order valence-corrected chi connectivity index (χ2v) is 8.19. The molecule has 1 saturated heterocycles. The minimum Gasteiger partial charge on any atom is -0.490 e. The number of benzene rings is 2. The molecular weight excluding hydrogens is 383 g/mol. The van der Waals surface area contributed by atoms with E-state index in [2.05, 4.69) is 5.32 Å². The lowest BCUT2D eigenvalue weighted by Crippen LogP contribution is -2.42. The third kappa shape index (κ3) is 4.99. The Balaban J connectivity index is 1.27. The van der Waals surface area contributed by atoms with Crippen molar-refractivity contribution in [2.45, 2.75) is 44.8 Å². The van der Waals surface area contributed by atoms with Gasteiger partial charge in [-0.2, -0.15) is 0 Å². The highest BCUT2D eigenvalue weighted by atomic mass is 19.1. The van der Waals surface area contributed by atoms with E-state index in [1.807, 2.05) is 11.8 Å². The summed E-state index contributed by atoms with van der Waals surface area (Å²) in [4.78, 5) is 26.6. The molecular formula is C24H27FN2O3. The van der Waals surface area contributed by atoms with Crippen molar-refractivity contribution in [1.82, 2.24) is 10.2 Å². The molecule has 0 radical (unpaired) electrons. The van der Waals surface area contributed by atoms with Crippen LogP contribution in [-0.4, -0.2) is 35.9 Å². The van der Waals surface area contributed by atoms with Crippen LogP contribution in [0.15, 0.2) is 48.5 Å². The van der Waals surface area contributed by atoms with Crippen LogP contribution in [0, 0.1) is 11.7 Å². The number of carbonyl (C=O) groups is 2. The van der Waals surface area contributed by atoms with Crippen molar-refractivity contribution < 1.29 is 18.7 Å². The molecule has 2 aromatic rings. The first-order valence-corrected chi connectivity index (χ1v) is 10.6. The highest BCUT2D eigenvalue weighted by Gasteiger charge is 2.35. The van der Waals surface area contributed by atoms with Gasteiger partial charge in [0.05, 0.1) is 6.04 Å². The molecule has 1 saturated carbocycles. The van der Waals surface area contributed by atoms with Crippen molar-refractivity contribution in [1.29, 1.82) is 0 Å². The first-order valence-electron chi connectivity index (χ1n) is 10.6. The Kier molecular flexibility index (Phi) is 6.02. The van der Waals surface area contributed by atoms with E-state index in [0.717, 1.165) is 50.1 Å². The van der Waals surface area contributed by atoms with Crippen LogP contribution in [0.3, 0.4) is 0 Å². The van der Waals surface area contributed by atoms with Crippen molar-refractivity contribution in [2.24, 2.45) is 5.92 Å². The highest BCUT2D eigenvalue weighted by Crippen LogP contribution is 2.32. The maximum Gasteiger partial charge on any atom is 0.251 e. The van der Waals surface area contributed by atoms with Gasteiger partial charge in [-0.15, -0.1) is 0 Å². The zero-order valence-electron chi connectivity index (χ0n) is 17.1. The molecule has 0 spiro atoms. The van der Waals surface area contributed by atoms with Gasteiger partial charge in [0, 0.05) is 37.4 Å². The highest BCUT2D eigenvalue weighted by molar-refractivity contribution is 5.94. The molecule has 1 heterocycles. The van der Waals surface area contributed by atoms with Gasteiger partial charge in [0.2, 0.25) is 5.91 Å². The molecule has 30 heavy (non-hydrogen) atoms. The third-order valence-electron chi connectivity index (χ3n) is 5.82. The summed E-state index contributed by atoms with van der Waals surface area (Å²) >= 11 is 0. The number of hydrogen-bond donors (Lipinski definition) is 1. The van der Waals surface area contributed by atoms with Gasteiger partial charge in [0.1, 0.15) is 17.7 Å². The average Bonchev–Trinajstić information content (AvgIpc) is 3.60. The number of rotatable bonds is 6. The number of likely N-dealkylation sites (tertiary alicyclic amines) is 1. The number of carbonyl (C=O) groups excluding carboxylic acids is 2. The molecule has 6 heteroatoms. The normalized spacial score (nSPS) is 18.0. The van der Waals surface area contributed by atoms with Crippen molar-refractivity contribution in [3.05, 3.63) is 65.5 Å². The van der Waals surface area contributed by atoms with Crippen LogP contribution in [0.25, 0.3) is 0 Å². The van der Waals surface area contributed by atoms with Gasteiger partial charge in [0.25, 0.3) is 5.91 Å². The molecule has 1 atom stereocenters. The smallest absolute Gasteiger partial charge is 0.251 e. The van der Waals surface area contributed by atoms with E-state index in [1.165, 1.54) is 12.1 Å². The van der Waals surface area contributed by atoms with Crippen LogP contribution >= 0.6 is 0 Å². The quantitative estimate of drug-likeness (QED) is 0.780. The summed E-state index contributed by atoms with van der Waals surface area (Å²) in [5, 5.41) is 2.92. The predicted molar refractivity (Wildman–Crippen MR) is 112 cm³/mol. The number of nitrogens with one attached hydrogen (secondary N) is 1. The van der Waals surface area contributed by atoms with Crippen LogP contribution in [0.5, 0.6) is 5.75 Å². The molecule has 2 aromatic carbocycles. The van der Waals surface area contributed by atoms with Crippen LogP contribution in [0.1, 0.15) is 54.6 Å². The summed E-state index contributed by atoms with van der Waals surface area (Å²) < 4.78 is 19.1. The van der Waals surface area contributed by atoms with Crippen molar-refractivity contribution in [2.75, 3.05) is 13.1 Å². The van der Waals surface area contributed by atoms with Crippen LogP contribution in [0.2, 0.25) is 0 Å². The van der Waals surface area contributed by atoms with E-state index >= 15 is 0 Å². The summed E-state index contributed by atoms with van der Waals surface area (Å²) in [5.41, 5.74) is 1.39. The topological polar surface area (TPSA) is 58.6 Å². The Morgan fingerprint density at radius 3 is 2.23 bits per heavy atom. The first kappa shape index (κ1) is 20.4. The second kappa shape index (κ2) is 8.86. The predicted octanol–water partition coefficient (Wildman–Crippen LogP) is 4.10. The second-order valence-electron chi connectivity index (χ2n) is 8.19. The number of ether oxygens (including phenoxy) is 1. The number of nitrogens with zero attached hydrogens (tertiary/aromatic N) is 1. The molecule has 1 N–H and O–H groups in total. The molecule has 2 aliphatic rings. The monoisotopic (exact) mass is 410 g/mol. The molecule has 1 aliphatic carbocycles. The van der Waals surface area contributed by atoms with Gasteiger partial charge < -0.3 is 15.0 Å². The molecule has 5 nitrogen and oxygen atoms in total. The number of piperidine rings is 1. The van der Waals surface area contributed by atoms with Gasteiger partial charge in [-0.25, -0.2) is 4.39 Å². The summed E-state index contributed by atoms with van der Waals surface area (Å²) in [7, 11) is 0. The first-order chi connectivity index (χ1) is 14.5. The van der Waals surface area contributed by atoms with E-state index in [-0.39, 0.29) is 29.8 Å². The molecule has 1 unspecified atom stereocenters. The zero-order valence-corrected chi connectivity index (χ0v) is 17.1. The van der Waals surface area contributed by atoms with E-state index in [1.54, 1.807) is 36.4 Å². The fraction of sp³-hybridized carbons (Fsp3) is 0.417. The van der Waals surface area contributed by atoms with E-state index in [0.29, 0.717) is 11.5 Å². The third-order valence-corrected chi connectivity index (χ3v) is 5.82. The Morgan fingerprint density at radius 1 is 1.00 bits per heavy atom. The molecule has 1 aliphatic heterocycles. The van der Waals surface area contributed by atoms with Gasteiger partial charge >= 0.3 is 0 Å². The Hall–Kier alpha value is -2.89. The van der Waals surface area contributed by atoms with Gasteiger partial charge in [0.15, 0.2) is 0 Å². The van der Waals surface area contributed by atoms with Crippen LogP contribution in [-0.2, 0) is 4.79 Å². The lowest BCUT2D eigenvalue weighted by atomic mass is 10.1. The number of hydrogen-bond acceptors (Lipinski definition) is 3. The molecule has 2 amide bonds. The molecule has 158 valence electrons. The maximum absolute atomic E-state index is 13.1. The standard InChI is InChI=1S/C24H27FN2O3/c1-16(17-4-8-20(25)9-5-17)26-23(28)18-6-10-21(11-7-18)30-22-12-14-27(15-13-22)24(29)19-2-3-19/h4-11,16,19,22H,2-3,12-15H2,1H3,(H,26,28). The SMILES string of the molecule is CC(NC(=O)c1ccc(OC2CCN(C(=O)C3CC3)CC2)cc1)c1ccc(F)cc1. The number of halogens is 1. The lowest BCUT2D eigenvalue weighted by molar-refractivity contribution is -0.134. The summed E-state index contributed by atoms with van der Waals surface area (Å²) in [6.07, 6.45) is 3.83. The largest absolute Gasteiger partial charge is 0.490 e. The Bertz CT molecular complexity index is 886. The van der Waals surface area contributed by atoms with Gasteiger partial charge in [-0.1, -0.05) is 12.1 Å². The average molecular weight is 410 g/mol. The van der Waals surface area contributed by atoms with Crippen molar-refractivity contribution in [3.8, 4) is 5.75 Å². The summed E-state index contributed by atoms with van der Waals surface area (Å²) in [6.45, 7) is 3.37. The number of amides is 2. The minimum absolute atomic E-state index is 0.0893. The lowest BCUT2D eigenvalue weighted by Gasteiger charge is -2.32. The minimum atomic E-state index is -0.298. The zero-order chi connectivity index (χ0) is 21.1. The Labute approximate surface area is 176 Å². The van der Waals surface area contributed by atoms with E-state index in [4.69, 9.17) is 4.74 Å². The maximum atomic E-state index is 13.1. The van der Waals surface area contributed by atoms with Crippen LogP contribution in [0.4, 0.5) is 4.39 Å². The van der Waals surface area contributed by atoms with Crippen molar-refractivity contribution in [3.63, 3.8) is 0 Å². The van der Waals surface area contributed by atoms with E-state index in [9.17, 15) is 14.0 Å². The summed E-state index contributed by atoms with van der Waals surface area (Å²) in [6, 6.07) is 13.0. The fourth-order valence-electron chi connectivity index (χ4n) is 3.77. The molecule has 4 rings (SSSR count). The van der Waals surface area contributed by atoms with E-state index < -0.39 is 0 Å². The molecule has 2 fully saturated rings. The van der Waals surface area contributed by atoms with Gasteiger partial charge in [-0.05, 0) is 61.7 Å². The van der Waals surface area contributed by atoms with Gasteiger partial charge in [-0.3, -0.25) is 9.59 Å². The van der Waals surface area contributed by atoms with Crippen LogP contribution < -0.4 is 10.1 Å². The fourth-order valence-corrected chi connectivity index (χ4v) is 3.77. The molecule has 0 bridgehead atoms. The molecule has 0 aromatic heterocycles. The van der Waals surface area contributed by atoms with Crippen molar-refractivity contribution >= 4 is 11.8 Å².